The Hall–Kier alpha value is -5.00. The van der Waals surface area contributed by atoms with Gasteiger partial charge in [0.1, 0.15) is 5.56 Å². The fourth-order valence-electron chi connectivity index (χ4n) is 9.63. The van der Waals surface area contributed by atoms with Crippen molar-refractivity contribution in [2.45, 2.75) is 83.2 Å². The van der Waals surface area contributed by atoms with E-state index >= 15 is 0 Å². The van der Waals surface area contributed by atoms with Gasteiger partial charge in [-0.3, -0.25) is 14.5 Å². The van der Waals surface area contributed by atoms with Gasteiger partial charge in [-0.2, -0.15) is 0 Å². The summed E-state index contributed by atoms with van der Waals surface area (Å²) in [5, 5.41) is 15.8. The standard InChI is InChI=1S/C45H54N6O5/c1-5-31-16-17-35(43(54)49(31)3)41(53)46-37-14-8-13-34(36(37)25-29-9-6-10-29)32-11-7-12-33(28(32)2)38-26-30-15-18-39(40(30)42(47-38)56-4)51-22-20-45(27-51)19-21-50(23-24-52)44(55)48-45/h7-8,11-14,16-17,26,29,39,52H,5-6,9-10,15,18-25,27H2,1-4H3,(H,46,53)(H,48,55)/t39-,45-/m0/s1. The molecule has 11 nitrogen and oxygen atoms in total. The molecule has 0 radical (unpaired) electrons. The van der Waals surface area contributed by atoms with E-state index in [-0.39, 0.29) is 35.3 Å². The number of nitrogens with one attached hydrogen (secondary N) is 2. The van der Waals surface area contributed by atoms with E-state index < -0.39 is 5.91 Å². The first-order valence-electron chi connectivity index (χ1n) is 20.4. The van der Waals surface area contributed by atoms with Crippen molar-refractivity contribution in [3.05, 3.63) is 98.5 Å². The Morgan fingerprint density at radius 3 is 2.54 bits per heavy atom. The van der Waals surface area contributed by atoms with Crippen molar-refractivity contribution >= 4 is 17.6 Å². The lowest BCUT2D eigenvalue weighted by Crippen LogP contribution is -2.61. The maximum atomic E-state index is 13.7. The van der Waals surface area contributed by atoms with Gasteiger partial charge in [-0.25, -0.2) is 9.78 Å². The normalized spacial score (nSPS) is 20.9. The smallest absolute Gasteiger partial charge is 0.317 e. The number of carbonyl (C=O) groups is 2. The zero-order chi connectivity index (χ0) is 39.1. The molecule has 2 aromatic carbocycles. The molecule has 2 aromatic heterocycles. The summed E-state index contributed by atoms with van der Waals surface area (Å²) in [6, 6.07) is 18.3. The van der Waals surface area contributed by atoms with E-state index in [2.05, 4.69) is 52.8 Å². The lowest BCUT2D eigenvalue weighted by Gasteiger charge is -2.40. The Labute approximate surface area is 329 Å². The highest BCUT2D eigenvalue weighted by molar-refractivity contribution is 6.05. The zero-order valence-electron chi connectivity index (χ0n) is 33.1. The Balaban J connectivity index is 1.09. The number of rotatable bonds is 11. The maximum absolute atomic E-state index is 13.7. The fraction of sp³-hybridized carbons (Fsp3) is 0.467. The number of anilines is 1. The first-order valence-corrected chi connectivity index (χ1v) is 20.4. The summed E-state index contributed by atoms with van der Waals surface area (Å²) in [4.78, 5) is 49.1. The van der Waals surface area contributed by atoms with Crippen LogP contribution in [0.5, 0.6) is 5.88 Å². The highest BCUT2D eigenvalue weighted by Crippen LogP contribution is 2.46. The predicted molar refractivity (Wildman–Crippen MR) is 218 cm³/mol. The third-order valence-corrected chi connectivity index (χ3v) is 13.1. The van der Waals surface area contributed by atoms with Crippen molar-refractivity contribution in [1.82, 2.24) is 24.7 Å². The molecule has 294 valence electrons. The molecule has 0 bridgehead atoms. The van der Waals surface area contributed by atoms with Gasteiger partial charge in [0.15, 0.2) is 0 Å². The summed E-state index contributed by atoms with van der Waals surface area (Å²) in [5.41, 5.74) is 9.88. The summed E-state index contributed by atoms with van der Waals surface area (Å²) in [7, 11) is 3.42. The number of pyridine rings is 2. The number of aromatic nitrogens is 2. The molecule has 4 aliphatic rings. The summed E-state index contributed by atoms with van der Waals surface area (Å²) >= 11 is 0. The van der Waals surface area contributed by atoms with Crippen molar-refractivity contribution in [3.63, 3.8) is 0 Å². The average Bonchev–Trinajstić information content (AvgIpc) is 3.79. The van der Waals surface area contributed by atoms with Gasteiger partial charge >= 0.3 is 6.03 Å². The topological polar surface area (TPSA) is 129 Å². The van der Waals surface area contributed by atoms with Crippen LogP contribution in [0.3, 0.4) is 0 Å². The predicted octanol–water partition coefficient (Wildman–Crippen LogP) is 6.43. The molecule has 3 amide bonds. The molecule has 11 heteroatoms. The third kappa shape index (κ3) is 6.89. The van der Waals surface area contributed by atoms with Gasteiger partial charge in [0, 0.05) is 61.8 Å². The Bertz CT molecular complexity index is 2230. The van der Waals surface area contributed by atoms with Crippen molar-refractivity contribution in [3.8, 4) is 28.3 Å². The number of nitrogens with zero attached hydrogens (tertiary/aromatic N) is 4. The van der Waals surface area contributed by atoms with Crippen molar-refractivity contribution in [2.24, 2.45) is 13.0 Å². The largest absolute Gasteiger partial charge is 0.481 e. The van der Waals surface area contributed by atoms with E-state index in [1.807, 2.05) is 25.1 Å². The molecule has 3 fully saturated rings. The molecule has 2 atom stereocenters. The number of carbonyl (C=O) groups excluding carboxylic acids is 2. The molecular formula is C45H54N6O5. The summed E-state index contributed by atoms with van der Waals surface area (Å²) in [6.45, 7) is 6.81. The Kier molecular flexibility index (Phi) is 10.5. The molecule has 2 saturated heterocycles. The number of aryl methyl sites for hydroxylation is 2. The number of aliphatic hydroxyl groups is 1. The van der Waals surface area contributed by atoms with Gasteiger partial charge in [-0.15, -0.1) is 0 Å². The molecule has 1 saturated carbocycles. The Morgan fingerprint density at radius 2 is 1.80 bits per heavy atom. The number of hydrogen-bond donors (Lipinski definition) is 3. The highest BCUT2D eigenvalue weighted by Gasteiger charge is 2.46. The third-order valence-electron chi connectivity index (χ3n) is 13.1. The monoisotopic (exact) mass is 758 g/mol. The van der Waals surface area contributed by atoms with E-state index in [0.29, 0.717) is 31.3 Å². The number of likely N-dealkylation sites (tertiary alicyclic amines) is 1. The van der Waals surface area contributed by atoms with E-state index in [4.69, 9.17) is 9.72 Å². The van der Waals surface area contributed by atoms with Crippen LogP contribution in [0.25, 0.3) is 22.4 Å². The van der Waals surface area contributed by atoms with Gasteiger partial charge in [0.2, 0.25) is 5.88 Å². The van der Waals surface area contributed by atoms with E-state index in [1.165, 1.54) is 12.0 Å². The van der Waals surface area contributed by atoms with Crippen LogP contribution in [0.4, 0.5) is 10.5 Å². The van der Waals surface area contributed by atoms with Gasteiger partial charge in [0.25, 0.3) is 11.5 Å². The van der Waals surface area contributed by atoms with Gasteiger partial charge in [-0.05, 0) is 103 Å². The van der Waals surface area contributed by atoms with Crippen LogP contribution in [0.1, 0.15) is 89.8 Å². The molecule has 2 aliphatic heterocycles. The number of urea groups is 1. The summed E-state index contributed by atoms with van der Waals surface area (Å²) in [5.74, 6) is 0.806. The minimum absolute atomic E-state index is 0.0302. The zero-order valence-corrected chi connectivity index (χ0v) is 33.1. The molecule has 3 N–H and O–H groups in total. The number of β-amino-alcohol motifs (C(OH)–C–C–N with tert-alkyl or cyclic N) is 1. The quantitative estimate of drug-likeness (QED) is 0.161. The van der Waals surface area contributed by atoms with Gasteiger partial charge in [0.05, 0.1) is 24.9 Å². The lowest BCUT2D eigenvalue weighted by molar-refractivity contribution is 0.102. The second-order valence-corrected chi connectivity index (χ2v) is 16.3. The van der Waals surface area contributed by atoms with Crippen LogP contribution < -0.4 is 20.9 Å². The molecule has 4 heterocycles. The molecule has 1 spiro atoms. The number of hydrogen-bond acceptors (Lipinski definition) is 7. The van der Waals surface area contributed by atoms with E-state index in [9.17, 15) is 19.5 Å². The van der Waals surface area contributed by atoms with Crippen LogP contribution in [0.15, 0.2) is 59.4 Å². The fourth-order valence-corrected chi connectivity index (χ4v) is 9.63. The second kappa shape index (κ2) is 15.5. The van der Waals surface area contributed by atoms with E-state index in [1.54, 1.807) is 29.7 Å². The molecule has 4 aromatic rings. The van der Waals surface area contributed by atoms with Crippen molar-refractivity contribution in [1.29, 1.82) is 0 Å². The minimum Gasteiger partial charge on any atom is -0.481 e. The average molecular weight is 759 g/mol. The van der Waals surface area contributed by atoms with Gasteiger partial charge in [-0.1, -0.05) is 56.5 Å². The molecule has 56 heavy (non-hydrogen) atoms. The molecule has 8 rings (SSSR count). The minimum atomic E-state index is -0.393. The van der Waals surface area contributed by atoms with Crippen LogP contribution in [0.2, 0.25) is 0 Å². The molecule has 0 unspecified atom stereocenters. The number of amides is 3. The Morgan fingerprint density at radius 1 is 1.04 bits per heavy atom. The van der Waals surface area contributed by atoms with Crippen LogP contribution in [-0.4, -0.2) is 81.8 Å². The number of fused-ring (bicyclic) bond motifs is 1. The first kappa shape index (κ1) is 37.9. The summed E-state index contributed by atoms with van der Waals surface area (Å²) < 4.78 is 7.62. The number of aliphatic hydroxyl groups excluding tert-OH is 1. The SMILES string of the molecule is CCc1ccc(C(=O)Nc2cccc(-c3cccc(-c4cc5c(c(OC)n4)[C@@H](N4CC[C@@]6(CCN(CCO)C(=O)N6)C4)CC5)c3C)c2CC2CCC2)c(=O)n1C. The lowest BCUT2D eigenvalue weighted by atomic mass is 9.78. The van der Waals surface area contributed by atoms with Crippen LogP contribution in [-0.2, 0) is 26.3 Å². The molecule has 2 aliphatic carbocycles. The second-order valence-electron chi connectivity index (χ2n) is 16.3. The van der Waals surface area contributed by atoms with E-state index in [0.717, 1.165) is 108 Å². The first-order chi connectivity index (χ1) is 27.1. The number of methoxy groups -OCH3 is 1. The highest BCUT2D eigenvalue weighted by atomic mass is 16.5. The number of benzene rings is 2. The molecular weight excluding hydrogens is 705 g/mol. The van der Waals surface area contributed by atoms with Crippen LogP contribution >= 0.6 is 0 Å². The van der Waals surface area contributed by atoms with Crippen molar-refractivity contribution < 1.29 is 19.4 Å². The summed E-state index contributed by atoms with van der Waals surface area (Å²) in [6.07, 6.45) is 8.74. The van der Waals surface area contributed by atoms with Gasteiger partial charge < -0.3 is 29.9 Å². The maximum Gasteiger partial charge on any atom is 0.317 e. The van der Waals surface area contributed by atoms with Crippen molar-refractivity contribution in [2.75, 3.05) is 45.2 Å². The number of ether oxygens (including phenoxy) is 1. The van der Waals surface area contributed by atoms with Crippen LogP contribution in [0, 0.1) is 12.8 Å².